The Hall–Kier alpha value is -1.96. The minimum Gasteiger partial charge on any atom is -0.293 e. The second-order valence-electron chi connectivity index (χ2n) is 5.59. The highest BCUT2D eigenvalue weighted by atomic mass is 19.1. The molecule has 0 spiro atoms. The van der Waals surface area contributed by atoms with E-state index in [0.29, 0.717) is 11.1 Å². The maximum absolute atomic E-state index is 13.7. The van der Waals surface area contributed by atoms with Crippen LogP contribution in [0.25, 0.3) is 0 Å². The van der Waals surface area contributed by atoms with Crippen LogP contribution in [-0.2, 0) is 5.41 Å². The SMILES string of the molecule is Cc1ccc(C(=O)C2(c3ccccc3)CCC2)cc1F. The molecule has 1 nitrogen and oxygen atoms in total. The second kappa shape index (κ2) is 4.86. The summed E-state index contributed by atoms with van der Waals surface area (Å²) in [4.78, 5) is 12.8. The molecule has 1 aliphatic rings. The summed E-state index contributed by atoms with van der Waals surface area (Å²) in [6.45, 7) is 1.71. The van der Waals surface area contributed by atoms with Crippen molar-refractivity contribution in [3.63, 3.8) is 0 Å². The first kappa shape index (κ1) is 13.0. The molecule has 0 atom stereocenters. The van der Waals surface area contributed by atoms with E-state index < -0.39 is 5.41 Å². The predicted molar refractivity (Wildman–Crippen MR) is 77.4 cm³/mol. The number of Topliss-reactive ketones (excluding diaryl/α,β-unsaturated/α-hetero) is 1. The molecule has 0 aromatic heterocycles. The van der Waals surface area contributed by atoms with Gasteiger partial charge in [0, 0.05) is 5.56 Å². The third kappa shape index (κ3) is 1.96. The van der Waals surface area contributed by atoms with E-state index in [9.17, 15) is 9.18 Å². The van der Waals surface area contributed by atoms with Crippen LogP contribution in [0.15, 0.2) is 48.5 Å². The lowest BCUT2D eigenvalue weighted by Gasteiger charge is -2.41. The molecule has 2 aromatic carbocycles. The molecule has 102 valence electrons. The number of ketones is 1. The van der Waals surface area contributed by atoms with Crippen molar-refractivity contribution in [2.24, 2.45) is 0 Å². The van der Waals surface area contributed by atoms with E-state index in [-0.39, 0.29) is 11.6 Å². The van der Waals surface area contributed by atoms with Crippen LogP contribution >= 0.6 is 0 Å². The summed E-state index contributed by atoms with van der Waals surface area (Å²) in [7, 11) is 0. The van der Waals surface area contributed by atoms with Crippen LogP contribution in [0, 0.1) is 12.7 Å². The lowest BCUT2D eigenvalue weighted by Crippen LogP contribution is -2.42. The number of carbonyl (C=O) groups excluding carboxylic acids is 1. The fourth-order valence-electron chi connectivity index (χ4n) is 2.94. The largest absolute Gasteiger partial charge is 0.293 e. The molecule has 1 fully saturated rings. The predicted octanol–water partition coefficient (Wildman–Crippen LogP) is 4.44. The van der Waals surface area contributed by atoms with Crippen LogP contribution in [-0.4, -0.2) is 5.78 Å². The van der Waals surface area contributed by atoms with Crippen molar-refractivity contribution in [3.8, 4) is 0 Å². The van der Waals surface area contributed by atoms with Crippen LogP contribution < -0.4 is 0 Å². The highest BCUT2D eigenvalue weighted by Crippen LogP contribution is 2.46. The Balaban J connectivity index is 2.01. The summed E-state index contributed by atoms with van der Waals surface area (Å²) >= 11 is 0. The standard InChI is InChI=1S/C18H17FO/c1-13-8-9-14(12-16(13)19)17(20)18(10-5-11-18)15-6-3-2-4-7-15/h2-4,6-9,12H,5,10-11H2,1H3. The van der Waals surface area contributed by atoms with Crippen molar-refractivity contribution in [2.75, 3.05) is 0 Å². The molecule has 3 rings (SSSR count). The van der Waals surface area contributed by atoms with E-state index in [0.717, 1.165) is 24.8 Å². The molecule has 0 amide bonds. The van der Waals surface area contributed by atoms with Gasteiger partial charge in [0.05, 0.1) is 5.41 Å². The Morgan fingerprint density at radius 3 is 2.35 bits per heavy atom. The zero-order chi connectivity index (χ0) is 14.2. The van der Waals surface area contributed by atoms with E-state index in [1.54, 1.807) is 19.1 Å². The summed E-state index contributed by atoms with van der Waals surface area (Å²) in [5.74, 6) is -0.257. The number of hydrogen-bond donors (Lipinski definition) is 0. The van der Waals surface area contributed by atoms with Gasteiger partial charge in [-0.3, -0.25) is 4.79 Å². The number of benzene rings is 2. The first-order chi connectivity index (χ1) is 9.63. The average molecular weight is 268 g/mol. The van der Waals surface area contributed by atoms with Gasteiger partial charge in [-0.2, -0.15) is 0 Å². The number of hydrogen-bond acceptors (Lipinski definition) is 1. The monoisotopic (exact) mass is 268 g/mol. The molecule has 0 N–H and O–H groups in total. The summed E-state index contributed by atoms with van der Waals surface area (Å²) < 4.78 is 13.7. The van der Waals surface area contributed by atoms with Gasteiger partial charge in [0.15, 0.2) is 5.78 Å². The quantitative estimate of drug-likeness (QED) is 0.752. The molecular formula is C18H17FO. The molecular weight excluding hydrogens is 251 g/mol. The normalized spacial score (nSPS) is 16.5. The minimum atomic E-state index is -0.442. The van der Waals surface area contributed by atoms with Gasteiger partial charge in [-0.05, 0) is 37.0 Å². The Morgan fingerprint density at radius 1 is 1.10 bits per heavy atom. The van der Waals surface area contributed by atoms with Crippen molar-refractivity contribution in [3.05, 3.63) is 71.0 Å². The molecule has 0 saturated heterocycles. The smallest absolute Gasteiger partial charge is 0.173 e. The van der Waals surface area contributed by atoms with E-state index in [1.165, 1.54) is 6.07 Å². The summed E-state index contributed by atoms with van der Waals surface area (Å²) in [6.07, 6.45) is 2.76. The number of rotatable bonds is 3. The lowest BCUT2D eigenvalue weighted by atomic mass is 9.61. The van der Waals surface area contributed by atoms with Gasteiger partial charge in [-0.1, -0.05) is 48.9 Å². The molecule has 0 radical (unpaired) electrons. The van der Waals surface area contributed by atoms with E-state index in [4.69, 9.17) is 0 Å². The van der Waals surface area contributed by atoms with Gasteiger partial charge in [0.25, 0.3) is 0 Å². The molecule has 0 heterocycles. The Labute approximate surface area is 118 Å². The maximum atomic E-state index is 13.7. The first-order valence-electron chi connectivity index (χ1n) is 7.00. The van der Waals surface area contributed by atoms with Crippen LogP contribution in [0.2, 0.25) is 0 Å². The molecule has 0 unspecified atom stereocenters. The molecule has 0 bridgehead atoms. The highest BCUT2D eigenvalue weighted by Gasteiger charge is 2.45. The Morgan fingerprint density at radius 2 is 1.80 bits per heavy atom. The van der Waals surface area contributed by atoms with Crippen molar-refractivity contribution in [1.29, 1.82) is 0 Å². The third-order valence-corrected chi connectivity index (χ3v) is 4.40. The van der Waals surface area contributed by atoms with Gasteiger partial charge in [-0.25, -0.2) is 4.39 Å². The first-order valence-corrected chi connectivity index (χ1v) is 7.00. The molecule has 1 saturated carbocycles. The van der Waals surface area contributed by atoms with Gasteiger partial charge in [-0.15, -0.1) is 0 Å². The van der Waals surface area contributed by atoms with Gasteiger partial charge >= 0.3 is 0 Å². The molecule has 20 heavy (non-hydrogen) atoms. The average Bonchev–Trinajstić information content (AvgIpc) is 2.42. The van der Waals surface area contributed by atoms with Gasteiger partial charge in [0.1, 0.15) is 5.82 Å². The molecule has 0 aliphatic heterocycles. The van der Waals surface area contributed by atoms with Crippen LogP contribution in [0.3, 0.4) is 0 Å². The highest BCUT2D eigenvalue weighted by molar-refractivity contribution is 6.04. The number of carbonyl (C=O) groups is 1. The van der Waals surface area contributed by atoms with Crippen molar-refractivity contribution >= 4 is 5.78 Å². The van der Waals surface area contributed by atoms with Crippen molar-refractivity contribution < 1.29 is 9.18 Å². The second-order valence-corrected chi connectivity index (χ2v) is 5.59. The number of halogens is 1. The molecule has 2 heteroatoms. The zero-order valence-electron chi connectivity index (χ0n) is 11.5. The van der Waals surface area contributed by atoms with Crippen LogP contribution in [0.1, 0.15) is 40.7 Å². The summed E-state index contributed by atoms with van der Waals surface area (Å²) in [6, 6.07) is 14.7. The fourth-order valence-corrected chi connectivity index (χ4v) is 2.94. The third-order valence-electron chi connectivity index (χ3n) is 4.40. The Bertz CT molecular complexity index is 642. The summed E-state index contributed by atoms with van der Waals surface area (Å²) in [5, 5.41) is 0. The van der Waals surface area contributed by atoms with Crippen LogP contribution in [0.4, 0.5) is 4.39 Å². The minimum absolute atomic E-state index is 0.0499. The Kier molecular flexibility index (Phi) is 3.17. The van der Waals surface area contributed by atoms with Crippen molar-refractivity contribution in [1.82, 2.24) is 0 Å². The molecule has 1 aliphatic carbocycles. The van der Waals surface area contributed by atoms with E-state index in [1.807, 2.05) is 30.3 Å². The van der Waals surface area contributed by atoms with Crippen LogP contribution in [0.5, 0.6) is 0 Å². The van der Waals surface area contributed by atoms with E-state index >= 15 is 0 Å². The topological polar surface area (TPSA) is 17.1 Å². The fraction of sp³-hybridized carbons (Fsp3) is 0.278. The van der Waals surface area contributed by atoms with Gasteiger partial charge in [0.2, 0.25) is 0 Å². The van der Waals surface area contributed by atoms with Gasteiger partial charge < -0.3 is 0 Å². The summed E-state index contributed by atoms with van der Waals surface area (Å²) in [5.41, 5.74) is 1.67. The van der Waals surface area contributed by atoms with E-state index in [2.05, 4.69) is 0 Å². The maximum Gasteiger partial charge on any atom is 0.173 e. The zero-order valence-corrected chi connectivity index (χ0v) is 11.5. The van der Waals surface area contributed by atoms with Crippen molar-refractivity contribution in [2.45, 2.75) is 31.6 Å². The molecule has 2 aromatic rings. The number of aryl methyl sites for hydroxylation is 1. The lowest BCUT2D eigenvalue weighted by molar-refractivity contribution is 0.0788.